The number of pyridine rings is 1. The summed E-state index contributed by atoms with van der Waals surface area (Å²) in [6.07, 6.45) is 5.74. The van der Waals surface area contributed by atoms with Crippen molar-refractivity contribution in [2.24, 2.45) is 0 Å². The Morgan fingerprint density at radius 3 is 2.49 bits per heavy atom. The number of hydrogen-bond acceptors (Lipinski definition) is 8. The molecule has 1 atom stereocenters. The Hall–Kier alpha value is -3.94. The van der Waals surface area contributed by atoms with Gasteiger partial charge in [-0.1, -0.05) is 18.2 Å². The highest BCUT2D eigenvalue weighted by Gasteiger charge is 2.24. The molecule has 0 aliphatic rings. The number of methoxy groups -OCH3 is 1. The summed E-state index contributed by atoms with van der Waals surface area (Å²) < 4.78 is 23.2. The molecule has 0 aliphatic heterocycles. The van der Waals surface area contributed by atoms with Gasteiger partial charge in [0.1, 0.15) is 28.8 Å². The molecule has 3 heterocycles. The van der Waals surface area contributed by atoms with Gasteiger partial charge >= 0.3 is 5.97 Å². The molecule has 194 valence electrons. The first-order valence-corrected chi connectivity index (χ1v) is 12.5. The Labute approximate surface area is 217 Å². The summed E-state index contributed by atoms with van der Waals surface area (Å²) in [5, 5.41) is 0.689. The van der Waals surface area contributed by atoms with Gasteiger partial charge in [0.15, 0.2) is 5.76 Å². The van der Waals surface area contributed by atoms with Crippen molar-refractivity contribution in [2.75, 3.05) is 7.11 Å². The highest BCUT2D eigenvalue weighted by Crippen LogP contribution is 2.43. The van der Waals surface area contributed by atoms with Gasteiger partial charge in [0, 0.05) is 18.2 Å². The maximum absolute atomic E-state index is 12.0. The maximum atomic E-state index is 12.0. The van der Waals surface area contributed by atoms with Gasteiger partial charge in [0.25, 0.3) is 0 Å². The highest BCUT2D eigenvalue weighted by molar-refractivity contribution is 6.02. The van der Waals surface area contributed by atoms with Crippen LogP contribution in [0.4, 0.5) is 0 Å². The topological polar surface area (TPSA) is 96.6 Å². The largest absolute Gasteiger partial charge is 0.497 e. The van der Waals surface area contributed by atoms with E-state index in [0.717, 1.165) is 36.1 Å². The van der Waals surface area contributed by atoms with E-state index in [-0.39, 0.29) is 12.1 Å². The van der Waals surface area contributed by atoms with Crippen molar-refractivity contribution in [1.82, 2.24) is 15.0 Å². The maximum Gasteiger partial charge on any atom is 0.306 e. The normalized spacial score (nSPS) is 12.4. The summed E-state index contributed by atoms with van der Waals surface area (Å²) in [6.45, 7) is 7.62. The Bertz CT molecular complexity index is 1330. The first-order valence-electron chi connectivity index (χ1n) is 12.5. The molecule has 8 nitrogen and oxygen atoms in total. The van der Waals surface area contributed by atoms with E-state index in [1.165, 1.54) is 6.33 Å². The Kier molecular flexibility index (Phi) is 8.06. The van der Waals surface area contributed by atoms with Crippen LogP contribution in [0.15, 0.2) is 59.4 Å². The van der Waals surface area contributed by atoms with Crippen LogP contribution in [-0.2, 0) is 9.53 Å². The third-order valence-electron chi connectivity index (χ3n) is 5.70. The molecule has 0 radical (unpaired) electrons. The number of esters is 1. The second kappa shape index (κ2) is 11.4. The summed E-state index contributed by atoms with van der Waals surface area (Å²) in [7, 11) is 1.64. The first kappa shape index (κ1) is 26.1. The van der Waals surface area contributed by atoms with E-state index < -0.39 is 5.60 Å². The number of fused-ring (bicyclic) bond motifs is 1. The number of rotatable bonds is 10. The van der Waals surface area contributed by atoms with E-state index >= 15 is 0 Å². The van der Waals surface area contributed by atoms with E-state index in [2.05, 4.69) is 15.0 Å². The van der Waals surface area contributed by atoms with E-state index in [9.17, 15) is 4.79 Å². The summed E-state index contributed by atoms with van der Waals surface area (Å²) in [5.41, 5.74) is 2.36. The zero-order valence-corrected chi connectivity index (χ0v) is 22.0. The van der Waals surface area contributed by atoms with Gasteiger partial charge < -0.3 is 18.6 Å². The van der Waals surface area contributed by atoms with Crippen molar-refractivity contribution in [1.29, 1.82) is 0 Å². The molecule has 0 saturated carbocycles. The van der Waals surface area contributed by atoms with Crippen LogP contribution in [0.3, 0.4) is 0 Å². The van der Waals surface area contributed by atoms with Gasteiger partial charge in [0.2, 0.25) is 11.6 Å². The standard InChI is InChI=1S/C29H33N3O5/c1-19(10-6-7-12-23(33)37-29(2,3)4)35-27-25-24(20-13-15-21(34-5)16-14-20)26(22-11-8-9-17-30-22)36-28(25)32-18-31-27/h8-9,11,13-19H,6-7,10,12H2,1-5H3/t19-/m1/s1. The Morgan fingerprint density at radius 1 is 1.03 bits per heavy atom. The quantitative estimate of drug-likeness (QED) is 0.176. The van der Waals surface area contributed by atoms with Crippen molar-refractivity contribution in [3.63, 3.8) is 0 Å². The van der Waals surface area contributed by atoms with Gasteiger partial charge in [-0.05, 0) is 76.8 Å². The van der Waals surface area contributed by atoms with E-state index in [1.54, 1.807) is 13.3 Å². The van der Waals surface area contributed by atoms with Crippen molar-refractivity contribution in [2.45, 2.75) is 65.1 Å². The van der Waals surface area contributed by atoms with Crippen molar-refractivity contribution in [3.8, 4) is 34.2 Å². The van der Waals surface area contributed by atoms with Crippen molar-refractivity contribution in [3.05, 3.63) is 55.0 Å². The molecular formula is C29H33N3O5. The SMILES string of the molecule is COc1ccc(-c2c(-c3ccccn3)oc3ncnc(O[C@H](C)CCCCC(=O)OC(C)(C)C)c23)cc1. The second-order valence-corrected chi connectivity index (χ2v) is 9.87. The molecule has 3 aromatic heterocycles. The molecule has 0 saturated heterocycles. The third-order valence-corrected chi connectivity index (χ3v) is 5.70. The lowest BCUT2D eigenvalue weighted by molar-refractivity contribution is -0.154. The van der Waals surface area contributed by atoms with Gasteiger partial charge in [-0.15, -0.1) is 0 Å². The lowest BCUT2D eigenvalue weighted by Gasteiger charge is -2.19. The van der Waals surface area contributed by atoms with Crippen molar-refractivity contribution < 1.29 is 23.4 Å². The lowest BCUT2D eigenvalue weighted by atomic mass is 10.0. The molecule has 4 rings (SSSR count). The van der Waals surface area contributed by atoms with Crippen LogP contribution in [0.2, 0.25) is 0 Å². The number of carbonyl (C=O) groups excluding carboxylic acids is 1. The van der Waals surface area contributed by atoms with Crippen molar-refractivity contribution >= 4 is 17.1 Å². The van der Waals surface area contributed by atoms with Gasteiger partial charge in [-0.3, -0.25) is 9.78 Å². The van der Waals surface area contributed by atoms with E-state index in [0.29, 0.717) is 34.9 Å². The number of ether oxygens (including phenoxy) is 3. The average molecular weight is 504 g/mol. The summed E-state index contributed by atoms with van der Waals surface area (Å²) in [5.74, 6) is 1.62. The van der Waals surface area contributed by atoms with Crippen LogP contribution in [0.1, 0.15) is 53.4 Å². The van der Waals surface area contributed by atoms with Crippen LogP contribution in [0, 0.1) is 0 Å². The number of carbonyl (C=O) groups is 1. The average Bonchev–Trinajstić information content (AvgIpc) is 3.27. The molecule has 1 aromatic carbocycles. The number of furan rings is 1. The van der Waals surface area contributed by atoms with Crippen LogP contribution in [0.5, 0.6) is 11.6 Å². The number of aromatic nitrogens is 3. The van der Waals surface area contributed by atoms with E-state index in [1.807, 2.05) is 70.2 Å². The van der Waals surface area contributed by atoms with E-state index in [4.69, 9.17) is 18.6 Å². The molecule has 0 amide bonds. The molecule has 0 bridgehead atoms. The molecule has 0 N–H and O–H groups in total. The third kappa shape index (κ3) is 6.64. The molecule has 37 heavy (non-hydrogen) atoms. The molecule has 0 unspecified atom stereocenters. The van der Waals surface area contributed by atoms with Gasteiger partial charge in [0.05, 0.1) is 13.2 Å². The zero-order valence-electron chi connectivity index (χ0n) is 22.0. The molecule has 4 aromatic rings. The van der Waals surface area contributed by atoms with Gasteiger partial charge in [-0.25, -0.2) is 9.97 Å². The van der Waals surface area contributed by atoms with Crippen LogP contribution in [-0.4, -0.2) is 39.7 Å². The minimum Gasteiger partial charge on any atom is -0.497 e. The highest BCUT2D eigenvalue weighted by atomic mass is 16.6. The monoisotopic (exact) mass is 503 g/mol. The fraction of sp³-hybridized carbons (Fsp3) is 0.379. The molecule has 0 spiro atoms. The number of nitrogens with zero attached hydrogens (tertiary/aromatic N) is 3. The molecule has 0 fully saturated rings. The molecule has 8 heteroatoms. The van der Waals surface area contributed by atoms with Crippen LogP contribution >= 0.6 is 0 Å². The number of benzene rings is 1. The van der Waals surface area contributed by atoms with Crippen LogP contribution < -0.4 is 9.47 Å². The summed E-state index contributed by atoms with van der Waals surface area (Å²) >= 11 is 0. The first-order chi connectivity index (χ1) is 17.7. The number of unbranched alkanes of at least 4 members (excludes halogenated alkanes) is 1. The van der Waals surface area contributed by atoms with Gasteiger partial charge in [-0.2, -0.15) is 0 Å². The second-order valence-electron chi connectivity index (χ2n) is 9.87. The smallest absolute Gasteiger partial charge is 0.306 e. The lowest BCUT2D eigenvalue weighted by Crippen LogP contribution is -2.23. The fourth-order valence-electron chi connectivity index (χ4n) is 4.05. The zero-order chi connectivity index (χ0) is 26.4. The minimum absolute atomic E-state index is 0.131. The molecular weight excluding hydrogens is 470 g/mol. The molecule has 0 aliphatic carbocycles. The summed E-state index contributed by atoms with van der Waals surface area (Å²) in [4.78, 5) is 25.3. The predicted octanol–water partition coefficient (Wildman–Crippen LogP) is 6.63. The number of hydrogen-bond donors (Lipinski definition) is 0. The van der Waals surface area contributed by atoms with Crippen LogP contribution in [0.25, 0.3) is 33.7 Å². The Balaban J connectivity index is 1.58. The predicted molar refractivity (Wildman–Crippen MR) is 141 cm³/mol. The summed E-state index contributed by atoms with van der Waals surface area (Å²) in [6, 6.07) is 13.4. The fourth-order valence-corrected chi connectivity index (χ4v) is 4.05. The minimum atomic E-state index is -0.466. The Morgan fingerprint density at radius 2 is 1.81 bits per heavy atom.